The van der Waals surface area contributed by atoms with Crippen molar-refractivity contribution in [2.24, 2.45) is 0 Å². The Labute approximate surface area is 190 Å². The van der Waals surface area contributed by atoms with Crippen LogP contribution >= 0.6 is 0 Å². The zero-order valence-corrected chi connectivity index (χ0v) is 17.4. The van der Waals surface area contributed by atoms with Gasteiger partial charge in [-0.1, -0.05) is 72.8 Å². The third-order valence-electron chi connectivity index (χ3n) is 6.05. The third-order valence-corrected chi connectivity index (χ3v) is 6.05. The quantitative estimate of drug-likeness (QED) is 0.361. The van der Waals surface area contributed by atoms with Crippen LogP contribution in [0.3, 0.4) is 0 Å². The average molecular weight is 428 g/mol. The molecule has 5 rings (SSSR count). The van der Waals surface area contributed by atoms with Gasteiger partial charge in [-0.15, -0.1) is 10.5 Å². The van der Waals surface area contributed by atoms with Gasteiger partial charge in [-0.3, -0.25) is 4.79 Å². The van der Waals surface area contributed by atoms with Crippen LogP contribution in [0, 0.1) is 23.0 Å². The molecule has 0 amide bonds. The van der Waals surface area contributed by atoms with E-state index >= 15 is 0 Å². The number of fused-ring (bicyclic) bond motifs is 2. The molecule has 0 aromatic heterocycles. The number of hydrogen-bond acceptors (Lipinski definition) is 5. The molecule has 1 aliphatic carbocycles. The molecule has 0 unspecified atom stereocenters. The van der Waals surface area contributed by atoms with Crippen LogP contribution in [-0.2, 0) is 5.41 Å². The first-order valence-electron chi connectivity index (χ1n) is 10.3. The zero-order chi connectivity index (χ0) is 22.8. The van der Waals surface area contributed by atoms with Gasteiger partial charge < -0.3 is 9.47 Å². The average Bonchev–Trinajstić information content (AvgIpc) is 2.87. The van der Waals surface area contributed by atoms with Gasteiger partial charge >= 0.3 is 0 Å². The Bertz CT molecular complexity index is 1330. The second-order valence-corrected chi connectivity index (χ2v) is 7.61. The van der Waals surface area contributed by atoms with E-state index in [-0.39, 0.29) is 5.78 Å². The number of carbonyl (C=O) groups excluding carboxylic acids is 1. The first-order chi connectivity index (χ1) is 16.2. The molecule has 1 aliphatic rings. The molecule has 4 aromatic rings. The number of carbonyl (C=O) groups is 1. The molecule has 5 nitrogen and oxygen atoms in total. The van der Waals surface area contributed by atoms with Gasteiger partial charge in [0.15, 0.2) is 5.78 Å². The summed E-state index contributed by atoms with van der Waals surface area (Å²) in [5.74, 6) is 0.843. The Hall–Kier alpha value is -4.87. The first kappa shape index (κ1) is 20.1. The summed E-state index contributed by atoms with van der Waals surface area (Å²) in [6, 6.07) is 29.9. The number of nitrogens with zero attached hydrogens (tertiary/aromatic N) is 2. The van der Waals surface area contributed by atoms with Crippen LogP contribution in [0.1, 0.15) is 38.2 Å². The number of nitriles is 2. The number of rotatable bonds is 4. The highest BCUT2D eigenvalue weighted by atomic mass is 16.5. The Balaban J connectivity index is 1.87. The predicted octanol–water partition coefficient (Wildman–Crippen LogP) is 5.33. The molecule has 0 saturated heterocycles. The van der Waals surface area contributed by atoms with Crippen LogP contribution in [0.4, 0.5) is 0 Å². The Morgan fingerprint density at radius 2 is 0.970 bits per heavy atom. The smallest absolute Gasteiger partial charge is 0.292 e. The fourth-order valence-electron chi connectivity index (χ4n) is 4.75. The van der Waals surface area contributed by atoms with Gasteiger partial charge in [0, 0.05) is 11.1 Å². The minimum absolute atomic E-state index is 0.0225. The Morgan fingerprint density at radius 1 is 0.576 bits per heavy atom. The molecule has 0 heterocycles. The third kappa shape index (κ3) is 3.04. The van der Waals surface area contributed by atoms with E-state index in [1.807, 2.05) is 72.8 Å². The molecule has 0 atom stereocenters. The van der Waals surface area contributed by atoms with Crippen molar-refractivity contribution in [2.75, 3.05) is 0 Å². The van der Waals surface area contributed by atoms with E-state index in [0.29, 0.717) is 22.6 Å². The summed E-state index contributed by atoms with van der Waals surface area (Å²) < 4.78 is 9.98. The molecule has 156 valence electrons. The van der Waals surface area contributed by atoms with Crippen molar-refractivity contribution in [3.05, 3.63) is 130 Å². The molecular weight excluding hydrogens is 412 g/mol. The second-order valence-electron chi connectivity index (χ2n) is 7.61. The summed E-state index contributed by atoms with van der Waals surface area (Å²) in [5.41, 5.74) is 3.99. The van der Waals surface area contributed by atoms with Gasteiger partial charge in [0.25, 0.3) is 12.5 Å². The zero-order valence-electron chi connectivity index (χ0n) is 17.4. The number of hydrogen-bond donors (Lipinski definition) is 0. The van der Waals surface area contributed by atoms with Crippen molar-refractivity contribution in [2.45, 2.75) is 5.41 Å². The van der Waals surface area contributed by atoms with Crippen molar-refractivity contribution < 1.29 is 14.3 Å². The molecule has 0 fully saturated rings. The fourth-order valence-corrected chi connectivity index (χ4v) is 4.75. The van der Waals surface area contributed by atoms with E-state index in [4.69, 9.17) is 20.0 Å². The summed E-state index contributed by atoms with van der Waals surface area (Å²) in [6.07, 6.45) is 3.39. The molecule has 33 heavy (non-hydrogen) atoms. The Kier molecular flexibility index (Phi) is 4.86. The summed E-state index contributed by atoms with van der Waals surface area (Å²) in [5, 5.41) is 17.8. The lowest BCUT2D eigenvalue weighted by Gasteiger charge is -2.41. The minimum Gasteiger partial charge on any atom is -0.388 e. The van der Waals surface area contributed by atoms with Crippen LogP contribution in [-0.4, -0.2) is 5.78 Å². The molecule has 0 radical (unpaired) electrons. The van der Waals surface area contributed by atoms with E-state index in [1.54, 1.807) is 36.8 Å². The highest BCUT2D eigenvalue weighted by molar-refractivity contribution is 6.14. The molecule has 5 heteroatoms. The SMILES string of the molecule is N#COc1ccc(C2(c3ccc(OC#N)cc3)c3ccccc3C(=O)c3ccccc32)cc1. The van der Waals surface area contributed by atoms with E-state index in [2.05, 4.69) is 0 Å². The van der Waals surface area contributed by atoms with E-state index in [0.717, 1.165) is 22.3 Å². The van der Waals surface area contributed by atoms with Crippen LogP contribution in [0.2, 0.25) is 0 Å². The van der Waals surface area contributed by atoms with E-state index in [1.165, 1.54) is 0 Å². The maximum atomic E-state index is 13.4. The minimum atomic E-state index is -0.808. The normalized spacial score (nSPS) is 13.1. The predicted molar refractivity (Wildman–Crippen MR) is 121 cm³/mol. The van der Waals surface area contributed by atoms with Crippen LogP contribution in [0.5, 0.6) is 11.5 Å². The van der Waals surface area contributed by atoms with Crippen molar-refractivity contribution in [1.82, 2.24) is 0 Å². The Morgan fingerprint density at radius 3 is 1.36 bits per heavy atom. The first-order valence-corrected chi connectivity index (χ1v) is 10.3. The highest BCUT2D eigenvalue weighted by Crippen LogP contribution is 2.51. The lowest BCUT2D eigenvalue weighted by Crippen LogP contribution is -2.38. The molecule has 0 N–H and O–H groups in total. The fraction of sp³-hybridized carbons (Fsp3) is 0.0357. The second kappa shape index (κ2) is 8.00. The molecule has 0 aliphatic heterocycles. The van der Waals surface area contributed by atoms with Gasteiger partial charge in [0.05, 0.1) is 5.41 Å². The maximum absolute atomic E-state index is 13.4. The van der Waals surface area contributed by atoms with Gasteiger partial charge in [-0.2, -0.15) is 0 Å². The number of ether oxygens (including phenoxy) is 2. The molecule has 4 aromatic carbocycles. The summed E-state index contributed by atoms with van der Waals surface area (Å²) >= 11 is 0. The van der Waals surface area contributed by atoms with Gasteiger partial charge in [0.2, 0.25) is 0 Å². The summed E-state index contributed by atoms with van der Waals surface area (Å²) in [4.78, 5) is 13.4. The number of ketones is 1. The van der Waals surface area contributed by atoms with Gasteiger partial charge in [0.1, 0.15) is 11.5 Å². The number of benzene rings is 4. The lowest BCUT2D eigenvalue weighted by atomic mass is 9.59. The van der Waals surface area contributed by atoms with Crippen molar-refractivity contribution >= 4 is 5.78 Å². The summed E-state index contributed by atoms with van der Waals surface area (Å²) in [7, 11) is 0. The topological polar surface area (TPSA) is 83.1 Å². The van der Waals surface area contributed by atoms with Gasteiger partial charge in [-0.05, 0) is 46.5 Å². The molecule has 0 saturated carbocycles. The molecule has 0 bridgehead atoms. The van der Waals surface area contributed by atoms with Crippen molar-refractivity contribution in [3.63, 3.8) is 0 Å². The maximum Gasteiger partial charge on any atom is 0.292 e. The standard InChI is InChI=1S/C28H16N2O3/c29-17-32-21-13-9-19(10-14-21)28(20-11-15-22(16-12-20)33-18-30)25-7-3-1-5-23(25)27(31)24-6-2-4-8-26(24)28/h1-16H. The van der Waals surface area contributed by atoms with Crippen LogP contribution in [0.25, 0.3) is 0 Å². The van der Waals surface area contributed by atoms with E-state index < -0.39 is 5.41 Å². The largest absolute Gasteiger partial charge is 0.388 e. The highest BCUT2D eigenvalue weighted by Gasteiger charge is 2.46. The lowest BCUT2D eigenvalue weighted by molar-refractivity contribution is 0.103. The van der Waals surface area contributed by atoms with Crippen molar-refractivity contribution in [1.29, 1.82) is 10.5 Å². The summed E-state index contributed by atoms with van der Waals surface area (Å²) in [6.45, 7) is 0. The monoisotopic (exact) mass is 428 g/mol. The molecular formula is C28H16N2O3. The van der Waals surface area contributed by atoms with Crippen molar-refractivity contribution in [3.8, 4) is 24.0 Å². The van der Waals surface area contributed by atoms with E-state index in [9.17, 15) is 4.79 Å². The molecule has 0 spiro atoms. The van der Waals surface area contributed by atoms with Crippen LogP contribution < -0.4 is 9.47 Å². The van der Waals surface area contributed by atoms with Crippen LogP contribution in [0.15, 0.2) is 97.1 Å². The van der Waals surface area contributed by atoms with Gasteiger partial charge in [-0.25, -0.2) is 0 Å².